The largest absolute Gasteiger partial charge is 0.399 e. The second kappa shape index (κ2) is 8.36. The average molecular weight is 420 g/mol. The summed E-state index contributed by atoms with van der Waals surface area (Å²) in [6, 6.07) is 0. The van der Waals surface area contributed by atoms with Gasteiger partial charge in [0.05, 0.1) is 39.1 Å². The topological polar surface area (TPSA) is 108 Å². The maximum absolute atomic E-state index is 14.8. The molecule has 28 heavy (non-hydrogen) atoms. The summed E-state index contributed by atoms with van der Waals surface area (Å²) < 4.78 is 58.9. The Balaban J connectivity index is 1.78. The highest BCUT2D eigenvalue weighted by molar-refractivity contribution is 7.55. The molecule has 3 rings (SSSR count). The van der Waals surface area contributed by atoms with Crippen molar-refractivity contribution in [2.24, 2.45) is 11.8 Å². The number of aromatic amines is 1. The number of hydrogen-bond donors (Lipinski definition) is 1. The number of H-pyrrole nitrogens is 1. The SMILES string of the molecule is CCOP(=O)(OCC)C(F)(F)C[C@H]1COC[C@H]1Cn1cnc2c(=O)[nH]cnc21. The van der Waals surface area contributed by atoms with E-state index in [1.807, 2.05) is 0 Å². The number of hydrogen-bond acceptors (Lipinski definition) is 7. The molecule has 0 spiro atoms. The number of alkyl halides is 2. The van der Waals surface area contributed by atoms with Crippen molar-refractivity contribution in [2.45, 2.75) is 32.5 Å². The first-order valence-corrected chi connectivity index (χ1v) is 10.6. The van der Waals surface area contributed by atoms with E-state index in [-0.39, 0.29) is 43.4 Å². The predicted molar refractivity (Wildman–Crippen MR) is 96.4 cm³/mol. The third-order valence-electron chi connectivity index (χ3n) is 4.68. The first-order chi connectivity index (χ1) is 13.3. The summed E-state index contributed by atoms with van der Waals surface area (Å²) in [6.07, 6.45) is 2.03. The molecule has 2 aromatic rings. The zero-order valence-electron chi connectivity index (χ0n) is 15.6. The highest BCUT2D eigenvalue weighted by Crippen LogP contribution is 2.64. The van der Waals surface area contributed by atoms with Crippen LogP contribution in [-0.4, -0.2) is 51.6 Å². The Kier molecular flexibility index (Phi) is 6.28. The molecule has 1 aliphatic heterocycles. The van der Waals surface area contributed by atoms with E-state index in [1.165, 1.54) is 26.5 Å². The molecule has 0 saturated carbocycles. The molecule has 1 aliphatic rings. The summed E-state index contributed by atoms with van der Waals surface area (Å²) in [5.41, 5.74) is -3.46. The lowest BCUT2D eigenvalue weighted by molar-refractivity contribution is 0.0118. The lowest BCUT2D eigenvalue weighted by atomic mass is 9.93. The van der Waals surface area contributed by atoms with Crippen molar-refractivity contribution in [3.63, 3.8) is 0 Å². The van der Waals surface area contributed by atoms with E-state index >= 15 is 0 Å². The van der Waals surface area contributed by atoms with Gasteiger partial charge in [-0.05, 0) is 19.8 Å². The molecular formula is C16H23F2N4O5P. The van der Waals surface area contributed by atoms with Gasteiger partial charge in [0, 0.05) is 18.9 Å². The standard InChI is InChI=1S/C16H23F2N4O5P/c1-3-26-28(24,27-4-2)16(17,18)5-11-7-25-8-12(11)6-22-10-21-13-14(22)19-9-20-15(13)23/h9-12H,3-8H2,1-2H3,(H,19,20,23)/t11-,12+/m0/s1. The Morgan fingerprint density at radius 2 is 1.96 bits per heavy atom. The molecule has 9 nitrogen and oxygen atoms in total. The fraction of sp³-hybridized carbons (Fsp3) is 0.688. The van der Waals surface area contributed by atoms with E-state index in [9.17, 15) is 18.1 Å². The van der Waals surface area contributed by atoms with Gasteiger partial charge in [0.1, 0.15) is 0 Å². The van der Waals surface area contributed by atoms with Crippen LogP contribution in [0.2, 0.25) is 0 Å². The summed E-state index contributed by atoms with van der Waals surface area (Å²) in [5.74, 6) is -0.857. The number of imidazole rings is 1. The highest BCUT2D eigenvalue weighted by Gasteiger charge is 2.55. The van der Waals surface area contributed by atoms with Crippen molar-refractivity contribution < 1.29 is 27.1 Å². The number of nitrogens with zero attached hydrogens (tertiary/aromatic N) is 3. The van der Waals surface area contributed by atoms with Crippen molar-refractivity contribution in [1.82, 2.24) is 19.5 Å². The molecule has 2 aromatic heterocycles. The molecular weight excluding hydrogens is 397 g/mol. The van der Waals surface area contributed by atoms with Crippen LogP contribution >= 0.6 is 7.60 Å². The van der Waals surface area contributed by atoms with Gasteiger partial charge in [0.2, 0.25) is 0 Å². The Labute approximate surface area is 159 Å². The van der Waals surface area contributed by atoms with Crippen LogP contribution in [0.25, 0.3) is 11.2 Å². The fourth-order valence-corrected chi connectivity index (χ4v) is 4.93. The molecule has 3 heterocycles. The van der Waals surface area contributed by atoms with E-state index in [2.05, 4.69) is 15.0 Å². The van der Waals surface area contributed by atoms with Gasteiger partial charge >= 0.3 is 13.3 Å². The van der Waals surface area contributed by atoms with Crippen LogP contribution in [0.15, 0.2) is 17.4 Å². The normalized spacial score (nSPS) is 20.9. The third-order valence-corrected chi connectivity index (χ3v) is 6.86. The Hall–Kier alpha value is -1.68. The number of rotatable bonds is 9. The molecule has 0 aromatic carbocycles. The first kappa shape index (κ1) is 21.0. The van der Waals surface area contributed by atoms with Crippen LogP contribution in [0, 0.1) is 11.8 Å². The van der Waals surface area contributed by atoms with Crippen molar-refractivity contribution in [1.29, 1.82) is 0 Å². The van der Waals surface area contributed by atoms with Crippen LogP contribution in [-0.2, 0) is 24.9 Å². The Morgan fingerprint density at radius 3 is 2.64 bits per heavy atom. The molecule has 1 fully saturated rings. The van der Waals surface area contributed by atoms with Crippen molar-refractivity contribution >= 4 is 18.8 Å². The minimum atomic E-state index is -4.58. The summed E-state index contributed by atoms with van der Waals surface area (Å²) in [7, 11) is -4.58. The minimum absolute atomic E-state index is 0.110. The van der Waals surface area contributed by atoms with E-state index < -0.39 is 25.6 Å². The van der Waals surface area contributed by atoms with E-state index in [4.69, 9.17) is 13.8 Å². The van der Waals surface area contributed by atoms with Crippen LogP contribution in [0.3, 0.4) is 0 Å². The molecule has 156 valence electrons. The van der Waals surface area contributed by atoms with Gasteiger partial charge in [-0.3, -0.25) is 9.36 Å². The molecule has 0 bridgehead atoms. The van der Waals surface area contributed by atoms with Crippen molar-refractivity contribution in [2.75, 3.05) is 26.4 Å². The van der Waals surface area contributed by atoms with Crippen molar-refractivity contribution in [3.05, 3.63) is 23.0 Å². The minimum Gasteiger partial charge on any atom is -0.381 e. The van der Waals surface area contributed by atoms with Crippen LogP contribution in [0.1, 0.15) is 20.3 Å². The smallest absolute Gasteiger partial charge is 0.381 e. The average Bonchev–Trinajstić information content (AvgIpc) is 3.24. The zero-order chi connectivity index (χ0) is 20.4. The fourth-order valence-electron chi connectivity index (χ4n) is 3.34. The number of nitrogens with one attached hydrogen (secondary N) is 1. The van der Waals surface area contributed by atoms with Gasteiger partial charge in [-0.2, -0.15) is 8.78 Å². The Morgan fingerprint density at radius 1 is 1.29 bits per heavy atom. The van der Waals surface area contributed by atoms with Crippen LogP contribution in [0.4, 0.5) is 8.78 Å². The van der Waals surface area contributed by atoms with E-state index in [0.29, 0.717) is 12.2 Å². The summed E-state index contributed by atoms with van der Waals surface area (Å²) >= 11 is 0. The van der Waals surface area contributed by atoms with Gasteiger partial charge in [-0.25, -0.2) is 9.97 Å². The number of ether oxygens (including phenoxy) is 1. The summed E-state index contributed by atoms with van der Waals surface area (Å²) in [4.78, 5) is 22.3. The van der Waals surface area contributed by atoms with Gasteiger partial charge in [0.15, 0.2) is 11.2 Å². The quantitative estimate of drug-likeness (QED) is 0.621. The zero-order valence-corrected chi connectivity index (χ0v) is 16.5. The van der Waals surface area contributed by atoms with Crippen LogP contribution in [0.5, 0.6) is 0 Å². The van der Waals surface area contributed by atoms with Gasteiger partial charge < -0.3 is 23.3 Å². The van der Waals surface area contributed by atoms with E-state index in [0.717, 1.165) is 0 Å². The number of halogens is 2. The van der Waals surface area contributed by atoms with Gasteiger partial charge in [-0.15, -0.1) is 0 Å². The highest BCUT2D eigenvalue weighted by atomic mass is 31.2. The summed E-state index contributed by atoms with van der Waals surface area (Å²) in [6.45, 7) is 3.36. The second-order valence-corrected chi connectivity index (χ2v) is 8.73. The predicted octanol–water partition coefficient (Wildman–Crippen LogP) is 2.63. The lowest BCUT2D eigenvalue weighted by Gasteiger charge is -2.29. The number of fused-ring (bicyclic) bond motifs is 1. The lowest BCUT2D eigenvalue weighted by Crippen LogP contribution is -2.29. The molecule has 0 amide bonds. The first-order valence-electron chi connectivity index (χ1n) is 9.04. The third kappa shape index (κ3) is 4.03. The molecule has 0 aliphatic carbocycles. The van der Waals surface area contributed by atoms with E-state index in [1.54, 1.807) is 4.57 Å². The monoisotopic (exact) mass is 420 g/mol. The molecule has 1 N–H and O–H groups in total. The number of aromatic nitrogens is 4. The molecule has 0 unspecified atom stereocenters. The Bertz CT molecular complexity index is 908. The van der Waals surface area contributed by atoms with Crippen LogP contribution < -0.4 is 5.56 Å². The van der Waals surface area contributed by atoms with Gasteiger partial charge in [-0.1, -0.05) is 0 Å². The molecule has 0 radical (unpaired) electrons. The second-order valence-electron chi connectivity index (χ2n) is 6.56. The maximum Gasteiger partial charge on any atom is 0.399 e. The molecule has 2 atom stereocenters. The molecule has 1 saturated heterocycles. The summed E-state index contributed by atoms with van der Waals surface area (Å²) in [5, 5.41) is 0. The van der Waals surface area contributed by atoms with Crippen molar-refractivity contribution in [3.8, 4) is 0 Å². The maximum atomic E-state index is 14.8. The van der Waals surface area contributed by atoms with Gasteiger partial charge in [0.25, 0.3) is 5.56 Å². The molecule has 12 heteroatoms.